The van der Waals surface area contributed by atoms with Crippen LogP contribution in [-0.2, 0) is 11.2 Å². The van der Waals surface area contributed by atoms with Crippen molar-refractivity contribution in [2.24, 2.45) is 0 Å². The van der Waals surface area contributed by atoms with Crippen LogP contribution in [0.1, 0.15) is 31.2 Å². The third kappa shape index (κ3) is 6.41. The second-order valence-corrected chi connectivity index (χ2v) is 6.95. The second kappa shape index (κ2) is 6.74. The number of hydrogen-bond acceptors (Lipinski definition) is 3. The molecule has 0 saturated carbocycles. The van der Waals surface area contributed by atoms with Gasteiger partial charge in [0.25, 0.3) is 0 Å². The van der Waals surface area contributed by atoms with Gasteiger partial charge in [-0.2, -0.15) is 0 Å². The Labute approximate surface area is 113 Å². The summed E-state index contributed by atoms with van der Waals surface area (Å²) in [6.45, 7) is 10.9. The highest BCUT2D eigenvalue weighted by atomic mass is 35.5. The van der Waals surface area contributed by atoms with E-state index >= 15 is 0 Å². The summed E-state index contributed by atoms with van der Waals surface area (Å²) >= 11 is 7.66. The van der Waals surface area contributed by atoms with E-state index in [1.165, 1.54) is 10.4 Å². The molecule has 1 heterocycles. The van der Waals surface area contributed by atoms with Gasteiger partial charge in [-0.05, 0) is 39.3 Å². The van der Waals surface area contributed by atoms with Gasteiger partial charge in [-0.3, -0.25) is 0 Å². The number of halogens is 1. The highest BCUT2D eigenvalue weighted by molar-refractivity contribution is 7.16. The van der Waals surface area contributed by atoms with Crippen LogP contribution in [0, 0.1) is 6.92 Å². The molecule has 98 valence electrons. The first-order valence-electron chi connectivity index (χ1n) is 5.96. The molecule has 17 heavy (non-hydrogen) atoms. The van der Waals surface area contributed by atoms with Crippen molar-refractivity contribution in [3.8, 4) is 0 Å². The lowest BCUT2D eigenvalue weighted by atomic mass is 10.1. The molecule has 0 aliphatic carbocycles. The number of hydrogen-bond donors (Lipinski definition) is 1. The van der Waals surface area contributed by atoms with Crippen LogP contribution >= 0.6 is 22.9 Å². The Morgan fingerprint density at radius 3 is 2.59 bits per heavy atom. The lowest BCUT2D eigenvalue weighted by Crippen LogP contribution is -2.38. The average molecular weight is 276 g/mol. The molecule has 1 N–H and O–H groups in total. The Bertz CT molecular complexity index is 324. The second-order valence-electron chi connectivity index (χ2n) is 5.21. The van der Waals surface area contributed by atoms with E-state index in [4.69, 9.17) is 16.3 Å². The lowest BCUT2D eigenvalue weighted by Gasteiger charge is -2.20. The molecule has 0 unspecified atom stereocenters. The summed E-state index contributed by atoms with van der Waals surface area (Å²) in [7, 11) is 0. The van der Waals surface area contributed by atoms with Gasteiger partial charge >= 0.3 is 0 Å². The third-order valence-corrected chi connectivity index (χ3v) is 3.92. The van der Waals surface area contributed by atoms with Crippen LogP contribution in [-0.4, -0.2) is 25.3 Å². The van der Waals surface area contributed by atoms with Crippen molar-refractivity contribution in [3.63, 3.8) is 0 Å². The molecule has 0 bridgehead atoms. The van der Waals surface area contributed by atoms with Gasteiger partial charge in [-0.15, -0.1) is 11.3 Å². The monoisotopic (exact) mass is 275 g/mol. The quantitative estimate of drug-likeness (QED) is 0.800. The van der Waals surface area contributed by atoms with Gasteiger partial charge < -0.3 is 10.1 Å². The van der Waals surface area contributed by atoms with Crippen molar-refractivity contribution in [1.82, 2.24) is 5.32 Å². The molecule has 1 rings (SSSR count). The molecule has 0 saturated heterocycles. The molecule has 0 spiro atoms. The maximum atomic E-state index is 6.01. The van der Waals surface area contributed by atoms with Crippen molar-refractivity contribution >= 4 is 22.9 Å². The first kappa shape index (κ1) is 15.0. The summed E-state index contributed by atoms with van der Waals surface area (Å²) in [5, 5.41) is 3.39. The number of aryl methyl sites for hydroxylation is 1. The SMILES string of the molecule is Cc1cc(CCOCCNC(C)(C)C)sc1Cl. The van der Waals surface area contributed by atoms with E-state index in [-0.39, 0.29) is 5.54 Å². The minimum Gasteiger partial charge on any atom is -0.380 e. The van der Waals surface area contributed by atoms with Crippen LogP contribution in [0.3, 0.4) is 0 Å². The summed E-state index contributed by atoms with van der Waals surface area (Å²) in [6.07, 6.45) is 0.952. The predicted molar refractivity (Wildman–Crippen MR) is 76.3 cm³/mol. The summed E-state index contributed by atoms with van der Waals surface area (Å²) in [4.78, 5) is 1.30. The van der Waals surface area contributed by atoms with Crippen LogP contribution in [0.2, 0.25) is 4.34 Å². The minimum absolute atomic E-state index is 0.168. The van der Waals surface area contributed by atoms with Crippen LogP contribution in [0.15, 0.2) is 6.07 Å². The van der Waals surface area contributed by atoms with Gasteiger partial charge in [0.2, 0.25) is 0 Å². The van der Waals surface area contributed by atoms with E-state index in [1.807, 2.05) is 6.92 Å². The summed E-state index contributed by atoms with van der Waals surface area (Å²) in [5.41, 5.74) is 1.34. The number of nitrogens with one attached hydrogen (secondary N) is 1. The van der Waals surface area contributed by atoms with E-state index in [0.717, 1.165) is 30.5 Å². The van der Waals surface area contributed by atoms with Crippen LogP contribution in [0.5, 0.6) is 0 Å². The number of rotatable bonds is 6. The molecule has 2 nitrogen and oxygen atoms in total. The fourth-order valence-electron chi connectivity index (χ4n) is 1.42. The Morgan fingerprint density at radius 1 is 1.35 bits per heavy atom. The van der Waals surface area contributed by atoms with Crippen LogP contribution < -0.4 is 5.32 Å². The Hall–Kier alpha value is -0.0900. The Balaban J connectivity index is 2.09. The van der Waals surface area contributed by atoms with Crippen LogP contribution in [0.4, 0.5) is 0 Å². The van der Waals surface area contributed by atoms with Gasteiger partial charge in [0.15, 0.2) is 0 Å². The normalized spacial score (nSPS) is 12.1. The highest BCUT2D eigenvalue weighted by Crippen LogP contribution is 2.26. The van der Waals surface area contributed by atoms with Crippen molar-refractivity contribution < 1.29 is 4.74 Å². The maximum Gasteiger partial charge on any atom is 0.0960 e. The molecule has 4 heteroatoms. The molecular weight excluding hydrogens is 254 g/mol. The number of thiophene rings is 1. The molecule has 1 aromatic rings. The lowest BCUT2D eigenvalue weighted by molar-refractivity contribution is 0.134. The molecule has 0 radical (unpaired) electrons. The van der Waals surface area contributed by atoms with Crippen molar-refractivity contribution in [2.45, 2.75) is 39.7 Å². The standard InChI is InChI=1S/C13H22ClNOS/c1-10-9-11(17-12(10)14)5-7-16-8-6-15-13(2,3)4/h9,15H,5-8H2,1-4H3. The molecule has 0 fully saturated rings. The molecule has 0 amide bonds. The summed E-state index contributed by atoms with van der Waals surface area (Å²) in [6, 6.07) is 2.14. The van der Waals surface area contributed by atoms with E-state index in [2.05, 4.69) is 32.2 Å². The van der Waals surface area contributed by atoms with E-state index in [0.29, 0.717) is 0 Å². The Kier molecular flexibility index (Phi) is 5.93. The largest absolute Gasteiger partial charge is 0.380 e. The fraction of sp³-hybridized carbons (Fsp3) is 0.692. The van der Waals surface area contributed by atoms with E-state index < -0.39 is 0 Å². The molecule has 0 atom stereocenters. The van der Waals surface area contributed by atoms with Crippen molar-refractivity contribution in [2.75, 3.05) is 19.8 Å². The molecule has 0 aliphatic rings. The van der Waals surface area contributed by atoms with Crippen LogP contribution in [0.25, 0.3) is 0 Å². The molecule has 1 aromatic heterocycles. The van der Waals surface area contributed by atoms with Crippen molar-refractivity contribution in [3.05, 3.63) is 20.8 Å². The van der Waals surface area contributed by atoms with Gasteiger partial charge in [-0.25, -0.2) is 0 Å². The van der Waals surface area contributed by atoms with Gasteiger partial charge in [0.1, 0.15) is 0 Å². The summed E-state index contributed by atoms with van der Waals surface area (Å²) < 4.78 is 6.48. The fourth-order valence-corrected chi connectivity index (χ4v) is 2.64. The first-order chi connectivity index (χ1) is 7.88. The number of ether oxygens (including phenoxy) is 1. The van der Waals surface area contributed by atoms with Crippen molar-refractivity contribution in [1.29, 1.82) is 0 Å². The zero-order chi connectivity index (χ0) is 12.9. The highest BCUT2D eigenvalue weighted by Gasteiger charge is 2.07. The zero-order valence-corrected chi connectivity index (χ0v) is 12.7. The summed E-state index contributed by atoms with van der Waals surface area (Å²) in [5.74, 6) is 0. The maximum absolute atomic E-state index is 6.01. The average Bonchev–Trinajstić information content (AvgIpc) is 2.50. The minimum atomic E-state index is 0.168. The zero-order valence-electron chi connectivity index (χ0n) is 11.1. The van der Waals surface area contributed by atoms with Gasteiger partial charge in [-0.1, -0.05) is 11.6 Å². The first-order valence-corrected chi connectivity index (χ1v) is 7.15. The Morgan fingerprint density at radius 2 is 2.06 bits per heavy atom. The molecule has 0 aromatic carbocycles. The van der Waals surface area contributed by atoms with E-state index in [9.17, 15) is 0 Å². The van der Waals surface area contributed by atoms with E-state index in [1.54, 1.807) is 11.3 Å². The van der Waals surface area contributed by atoms with Gasteiger partial charge in [0, 0.05) is 23.4 Å². The molecule has 0 aliphatic heterocycles. The topological polar surface area (TPSA) is 21.3 Å². The van der Waals surface area contributed by atoms with Gasteiger partial charge in [0.05, 0.1) is 17.6 Å². The third-order valence-electron chi connectivity index (χ3n) is 2.30. The predicted octanol–water partition coefficient (Wildman–Crippen LogP) is 3.66. The molecular formula is C13H22ClNOS. The smallest absolute Gasteiger partial charge is 0.0960 e.